The molecule has 0 bridgehead atoms. The highest BCUT2D eigenvalue weighted by atomic mass is 16.5. The third-order valence-corrected chi connectivity index (χ3v) is 4.88. The largest absolute Gasteiger partial charge is 0.462 e. The molecule has 154 valence electrons. The van der Waals surface area contributed by atoms with E-state index in [2.05, 4.69) is 54.2 Å². The molecule has 1 aliphatic rings. The number of allylic oxidation sites excluding steroid dienone is 4. The molecule has 5 nitrogen and oxygen atoms in total. The number of unbranched alkanes of at least 4 members (excludes halogenated alkanes) is 2. The van der Waals surface area contributed by atoms with Gasteiger partial charge in [-0.25, -0.2) is 4.79 Å². The van der Waals surface area contributed by atoms with Gasteiger partial charge in [-0.2, -0.15) is 0 Å². The molecule has 0 atom stereocenters. The second kappa shape index (κ2) is 12.6. The molecule has 5 heteroatoms. The number of rotatable bonds is 12. The maximum Gasteiger partial charge on any atom is 0.333 e. The molecule has 0 saturated carbocycles. The number of hydrogen-bond acceptors (Lipinski definition) is 4. The zero-order chi connectivity index (χ0) is 20.9. The van der Waals surface area contributed by atoms with E-state index >= 15 is 0 Å². The van der Waals surface area contributed by atoms with Crippen LogP contribution in [0.4, 0.5) is 0 Å². The summed E-state index contributed by atoms with van der Waals surface area (Å²) in [5, 5.41) is 2.32. The van der Waals surface area contributed by atoms with Gasteiger partial charge >= 0.3 is 5.97 Å². The Hall–Kier alpha value is -2.82. The van der Waals surface area contributed by atoms with Crippen LogP contribution in [0.5, 0.6) is 0 Å². The zero-order valence-corrected chi connectivity index (χ0v) is 16.9. The van der Waals surface area contributed by atoms with Crippen LogP contribution in [0, 0.1) is 4.91 Å². The van der Waals surface area contributed by atoms with Gasteiger partial charge in [0.2, 0.25) is 0 Å². The molecule has 2 rings (SSSR count). The van der Waals surface area contributed by atoms with Gasteiger partial charge in [-0.15, -0.1) is 4.91 Å². The van der Waals surface area contributed by atoms with Gasteiger partial charge in [0.25, 0.3) is 5.91 Å². The van der Waals surface area contributed by atoms with Crippen molar-refractivity contribution in [2.75, 3.05) is 6.61 Å². The van der Waals surface area contributed by atoms with E-state index in [0.717, 1.165) is 32.1 Å². The van der Waals surface area contributed by atoms with Crippen LogP contribution in [0.3, 0.4) is 0 Å². The van der Waals surface area contributed by atoms with Crippen LogP contribution in [-0.4, -0.2) is 18.5 Å². The Balaban J connectivity index is 1.59. The van der Waals surface area contributed by atoms with Crippen molar-refractivity contribution in [2.45, 2.75) is 57.8 Å². The number of nitroso groups, excluding NO2 is 1. The molecule has 0 saturated heterocycles. The van der Waals surface area contributed by atoms with E-state index in [-0.39, 0.29) is 19.0 Å². The molecule has 0 spiro atoms. The lowest BCUT2D eigenvalue weighted by atomic mass is 9.97. The number of hydrogen-bond donors (Lipinski definition) is 0. The minimum Gasteiger partial charge on any atom is -0.462 e. The highest BCUT2D eigenvalue weighted by molar-refractivity contribution is 5.87. The van der Waals surface area contributed by atoms with Crippen LogP contribution in [0.2, 0.25) is 0 Å². The van der Waals surface area contributed by atoms with Crippen molar-refractivity contribution < 1.29 is 14.3 Å². The standard InChI is InChI=1S/C24H29NO4/c1-19(24(27)29-18-8-7-13-23(26)25-28)9-5-6-10-20-14-16-22(17-15-20)21-11-3-2-4-12-21/h3,11-12,14-17H,1-2,4-10,13,18H2. The van der Waals surface area contributed by atoms with E-state index in [1.54, 1.807) is 0 Å². The molecule has 0 radical (unpaired) electrons. The second-order valence-corrected chi connectivity index (χ2v) is 7.22. The summed E-state index contributed by atoms with van der Waals surface area (Å²) in [4.78, 5) is 32.6. The monoisotopic (exact) mass is 395 g/mol. The maximum absolute atomic E-state index is 11.9. The fourth-order valence-corrected chi connectivity index (χ4v) is 3.15. The number of esters is 1. The van der Waals surface area contributed by atoms with Gasteiger partial charge in [-0.05, 0) is 68.1 Å². The molecule has 1 aromatic rings. The predicted molar refractivity (Wildman–Crippen MR) is 115 cm³/mol. The quantitative estimate of drug-likeness (QED) is 0.197. The van der Waals surface area contributed by atoms with Crippen molar-refractivity contribution in [2.24, 2.45) is 5.18 Å². The van der Waals surface area contributed by atoms with Gasteiger partial charge in [0.15, 0.2) is 0 Å². The molecule has 0 heterocycles. The molecule has 0 aromatic heterocycles. The van der Waals surface area contributed by atoms with E-state index in [1.165, 1.54) is 16.7 Å². The van der Waals surface area contributed by atoms with Crippen LogP contribution in [0.25, 0.3) is 5.57 Å². The van der Waals surface area contributed by atoms with Gasteiger partial charge in [-0.3, -0.25) is 4.79 Å². The lowest BCUT2D eigenvalue weighted by Crippen LogP contribution is -2.08. The average molecular weight is 395 g/mol. The topological polar surface area (TPSA) is 72.8 Å². The van der Waals surface area contributed by atoms with E-state index in [1.807, 2.05) is 0 Å². The van der Waals surface area contributed by atoms with Crippen LogP contribution >= 0.6 is 0 Å². The average Bonchev–Trinajstić information content (AvgIpc) is 2.77. The number of aryl methyl sites for hydroxylation is 1. The molecule has 0 N–H and O–H groups in total. The van der Waals surface area contributed by atoms with Crippen molar-refractivity contribution in [1.82, 2.24) is 0 Å². The van der Waals surface area contributed by atoms with Crippen LogP contribution in [0.1, 0.15) is 62.5 Å². The Morgan fingerprint density at radius 3 is 2.45 bits per heavy atom. The first kappa shape index (κ1) is 22.5. The van der Waals surface area contributed by atoms with Crippen molar-refractivity contribution in [3.05, 3.63) is 70.7 Å². The van der Waals surface area contributed by atoms with Crippen molar-refractivity contribution in [3.8, 4) is 0 Å². The van der Waals surface area contributed by atoms with Gasteiger partial charge in [0.1, 0.15) is 0 Å². The van der Waals surface area contributed by atoms with Gasteiger partial charge in [-0.1, -0.05) is 49.1 Å². The summed E-state index contributed by atoms with van der Waals surface area (Å²) in [6.45, 7) is 4.03. The summed E-state index contributed by atoms with van der Waals surface area (Å²) in [5.74, 6) is -1.05. The molecule has 0 aliphatic heterocycles. The highest BCUT2D eigenvalue weighted by Crippen LogP contribution is 2.22. The van der Waals surface area contributed by atoms with Gasteiger partial charge < -0.3 is 4.74 Å². The molecule has 1 aliphatic carbocycles. The smallest absolute Gasteiger partial charge is 0.333 e. The minimum atomic E-state index is -0.668. The Bertz CT molecular complexity index is 775. The molecule has 1 aromatic carbocycles. The van der Waals surface area contributed by atoms with Crippen LogP contribution < -0.4 is 0 Å². The molecular formula is C24H29NO4. The third-order valence-electron chi connectivity index (χ3n) is 4.88. The Labute approximate surface area is 172 Å². The minimum absolute atomic E-state index is 0.0945. The van der Waals surface area contributed by atoms with Crippen LogP contribution in [-0.2, 0) is 20.7 Å². The Morgan fingerprint density at radius 1 is 1.00 bits per heavy atom. The summed E-state index contributed by atoms with van der Waals surface area (Å²) >= 11 is 0. The molecule has 29 heavy (non-hydrogen) atoms. The van der Waals surface area contributed by atoms with Crippen LogP contribution in [0.15, 0.2) is 59.8 Å². The van der Waals surface area contributed by atoms with Crippen molar-refractivity contribution in [1.29, 1.82) is 0 Å². The van der Waals surface area contributed by atoms with Gasteiger partial charge in [0, 0.05) is 17.2 Å². The summed E-state index contributed by atoms with van der Waals surface area (Å²) in [6, 6.07) is 8.69. The van der Waals surface area contributed by atoms with E-state index < -0.39 is 5.91 Å². The summed E-state index contributed by atoms with van der Waals surface area (Å²) in [7, 11) is 0. The number of benzene rings is 1. The number of nitrogens with zero attached hydrogens (tertiary/aromatic N) is 1. The van der Waals surface area contributed by atoms with Crippen molar-refractivity contribution in [3.63, 3.8) is 0 Å². The van der Waals surface area contributed by atoms with Crippen molar-refractivity contribution >= 4 is 17.4 Å². The first-order chi connectivity index (χ1) is 14.1. The normalized spacial score (nSPS) is 12.9. The number of amides is 1. The number of carbonyl (C=O) groups is 2. The highest BCUT2D eigenvalue weighted by Gasteiger charge is 2.09. The first-order valence-corrected chi connectivity index (χ1v) is 10.3. The molecule has 0 unspecified atom stereocenters. The SMILES string of the molecule is C=C(CCCCc1ccc(C2=CCCC=C2)cc1)C(=O)OCCCCC(=O)N=O. The summed E-state index contributed by atoms with van der Waals surface area (Å²) in [6.07, 6.45) is 13.5. The number of ether oxygens (including phenoxy) is 1. The lowest BCUT2D eigenvalue weighted by Gasteiger charge is -2.09. The van der Waals surface area contributed by atoms with Gasteiger partial charge in [0.05, 0.1) is 6.61 Å². The fourth-order valence-electron chi connectivity index (χ4n) is 3.15. The first-order valence-electron chi connectivity index (χ1n) is 10.3. The fraction of sp³-hybridized carbons (Fsp3) is 0.417. The second-order valence-electron chi connectivity index (χ2n) is 7.22. The Kier molecular flexibility index (Phi) is 9.76. The molecule has 1 amide bonds. The zero-order valence-electron chi connectivity index (χ0n) is 16.9. The number of carbonyl (C=O) groups excluding carboxylic acids is 2. The predicted octanol–water partition coefficient (Wildman–Crippen LogP) is 5.70. The molecule has 0 fully saturated rings. The third kappa shape index (κ3) is 8.38. The van der Waals surface area contributed by atoms with E-state index in [0.29, 0.717) is 24.8 Å². The van der Waals surface area contributed by atoms with E-state index in [9.17, 15) is 14.5 Å². The molecular weight excluding hydrogens is 366 g/mol. The summed E-state index contributed by atoms with van der Waals surface area (Å²) in [5.41, 5.74) is 4.32. The lowest BCUT2D eigenvalue weighted by molar-refractivity contribution is -0.139. The Morgan fingerprint density at radius 2 is 1.76 bits per heavy atom. The maximum atomic E-state index is 11.9. The van der Waals surface area contributed by atoms with E-state index in [4.69, 9.17) is 4.74 Å². The summed E-state index contributed by atoms with van der Waals surface area (Å²) < 4.78 is 5.14.